The number of hydrogen-bond donors (Lipinski definition) is 0. The molecule has 0 radical (unpaired) electrons. The molecule has 3 aliphatic rings. The predicted molar refractivity (Wildman–Crippen MR) is 129 cm³/mol. The van der Waals surface area contributed by atoms with Gasteiger partial charge < -0.3 is 19.3 Å². The second-order valence-corrected chi connectivity index (χ2v) is 11.8. The van der Waals surface area contributed by atoms with Gasteiger partial charge in [-0.25, -0.2) is 13.4 Å². The van der Waals surface area contributed by atoms with E-state index in [9.17, 15) is 13.2 Å². The van der Waals surface area contributed by atoms with Gasteiger partial charge in [0.2, 0.25) is 15.9 Å². The Morgan fingerprint density at radius 3 is 2.53 bits per heavy atom. The standard InChI is InChI=1S/C24H38N4O5S/c1-16-11-12-22(23(25-16)28-17(2)14-33-15-18(28)3)34(30,31)27-13-7-9-20(27)24(29)26(4)19-8-6-10-21(19)32-5/h11-12,17-21H,6-10,13-15H2,1-5H3/t17-,18-,19+,20-,21-/m0/s1. The van der Waals surface area contributed by atoms with Crippen LogP contribution < -0.4 is 4.90 Å². The molecule has 2 saturated heterocycles. The quantitative estimate of drug-likeness (QED) is 0.599. The van der Waals surface area contributed by atoms with Crippen molar-refractivity contribution in [3.05, 3.63) is 17.8 Å². The highest BCUT2D eigenvalue weighted by molar-refractivity contribution is 7.89. The molecule has 9 nitrogen and oxygen atoms in total. The Kier molecular flexibility index (Phi) is 7.52. The van der Waals surface area contributed by atoms with Crippen LogP contribution in [0, 0.1) is 6.92 Å². The summed E-state index contributed by atoms with van der Waals surface area (Å²) in [5, 5.41) is 0. The van der Waals surface area contributed by atoms with Crippen LogP contribution in [0.15, 0.2) is 17.0 Å². The van der Waals surface area contributed by atoms with E-state index < -0.39 is 16.1 Å². The zero-order valence-electron chi connectivity index (χ0n) is 20.9. The van der Waals surface area contributed by atoms with Crippen molar-refractivity contribution in [2.24, 2.45) is 0 Å². The Balaban J connectivity index is 1.66. The summed E-state index contributed by atoms with van der Waals surface area (Å²) in [6.07, 6.45) is 3.96. The number of pyridine rings is 1. The summed E-state index contributed by atoms with van der Waals surface area (Å²) >= 11 is 0. The molecule has 1 aromatic rings. The Morgan fingerprint density at radius 1 is 1.15 bits per heavy atom. The van der Waals surface area contributed by atoms with Crippen LogP contribution in [0.5, 0.6) is 0 Å². The molecular weight excluding hydrogens is 456 g/mol. The van der Waals surface area contributed by atoms with E-state index in [1.807, 2.05) is 25.7 Å². The number of aryl methyl sites for hydroxylation is 1. The fourth-order valence-electron chi connectivity index (χ4n) is 5.76. The average Bonchev–Trinajstić information content (AvgIpc) is 3.48. The van der Waals surface area contributed by atoms with Gasteiger partial charge in [-0.1, -0.05) is 0 Å². The molecule has 4 rings (SSSR count). The number of anilines is 1. The van der Waals surface area contributed by atoms with E-state index in [-0.39, 0.29) is 35.0 Å². The van der Waals surface area contributed by atoms with Crippen molar-refractivity contribution in [2.45, 2.75) is 88.0 Å². The van der Waals surface area contributed by atoms with Gasteiger partial charge in [-0.2, -0.15) is 4.31 Å². The SMILES string of the molecule is CO[C@H]1CCC[C@H]1N(C)C(=O)[C@@H]1CCCN1S(=O)(=O)c1ccc(C)nc1N1[C@@H](C)COC[C@@H]1C. The minimum absolute atomic E-state index is 0.00222. The predicted octanol–water partition coefficient (Wildman–Crippen LogP) is 2.18. The van der Waals surface area contributed by atoms with E-state index in [0.717, 1.165) is 25.0 Å². The average molecular weight is 495 g/mol. The van der Waals surface area contributed by atoms with Gasteiger partial charge in [0, 0.05) is 26.4 Å². The number of rotatable bonds is 6. The lowest BCUT2D eigenvalue weighted by molar-refractivity contribution is -0.137. The first-order valence-electron chi connectivity index (χ1n) is 12.3. The zero-order valence-corrected chi connectivity index (χ0v) is 21.8. The maximum Gasteiger partial charge on any atom is 0.247 e. The number of ether oxygens (including phenoxy) is 2. The van der Waals surface area contributed by atoms with E-state index in [1.165, 1.54) is 4.31 Å². The van der Waals surface area contributed by atoms with Crippen LogP contribution in [0.25, 0.3) is 0 Å². The van der Waals surface area contributed by atoms with Crippen LogP contribution in [-0.2, 0) is 24.3 Å². The first kappa shape index (κ1) is 25.3. The second-order valence-electron chi connectivity index (χ2n) is 9.91. The lowest BCUT2D eigenvalue weighted by Crippen LogP contribution is -2.52. The summed E-state index contributed by atoms with van der Waals surface area (Å²) in [7, 11) is -0.488. The zero-order chi connectivity index (χ0) is 24.6. The largest absolute Gasteiger partial charge is 0.379 e. The summed E-state index contributed by atoms with van der Waals surface area (Å²) in [5.74, 6) is 0.301. The highest BCUT2D eigenvalue weighted by Gasteiger charge is 2.45. The van der Waals surface area contributed by atoms with Crippen LogP contribution in [0.4, 0.5) is 5.82 Å². The van der Waals surface area contributed by atoms with Crippen LogP contribution in [0.3, 0.4) is 0 Å². The minimum Gasteiger partial charge on any atom is -0.379 e. The molecule has 1 saturated carbocycles. The van der Waals surface area contributed by atoms with Gasteiger partial charge in [0.05, 0.1) is 37.4 Å². The molecule has 10 heteroatoms. The molecular formula is C24H38N4O5S. The summed E-state index contributed by atoms with van der Waals surface area (Å²) < 4.78 is 40.7. The van der Waals surface area contributed by atoms with Crippen molar-refractivity contribution in [3.63, 3.8) is 0 Å². The van der Waals surface area contributed by atoms with Gasteiger partial charge in [0.25, 0.3) is 0 Å². The Hall–Kier alpha value is -1.75. The number of aromatic nitrogens is 1. The van der Waals surface area contributed by atoms with Gasteiger partial charge in [-0.15, -0.1) is 0 Å². The lowest BCUT2D eigenvalue weighted by Gasteiger charge is -2.41. The third-order valence-electron chi connectivity index (χ3n) is 7.53. The maximum atomic E-state index is 14.0. The molecule has 34 heavy (non-hydrogen) atoms. The topological polar surface area (TPSA) is 92.3 Å². The van der Waals surface area contributed by atoms with Gasteiger partial charge >= 0.3 is 0 Å². The molecule has 0 unspecified atom stereocenters. The molecule has 1 aromatic heterocycles. The number of hydrogen-bond acceptors (Lipinski definition) is 7. The molecule has 1 aliphatic carbocycles. The number of morpholine rings is 1. The molecule has 0 aromatic carbocycles. The smallest absolute Gasteiger partial charge is 0.247 e. The van der Waals surface area contributed by atoms with Crippen LogP contribution in [-0.4, -0.2) is 92.7 Å². The number of likely N-dealkylation sites (N-methyl/N-ethyl adjacent to an activating group) is 1. The molecule has 190 valence electrons. The number of methoxy groups -OCH3 is 1. The van der Waals surface area contributed by atoms with Crippen LogP contribution in [0.2, 0.25) is 0 Å². The van der Waals surface area contributed by atoms with Crippen molar-refractivity contribution >= 4 is 21.7 Å². The molecule has 0 N–H and O–H groups in total. The van der Waals surface area contributed by atoms with Gasteiger partial charge in [0.15, 0.2) is 0 Å². The highest BCUT2D eigenvalue weighted by atomic mass is 32.2. The van der Waals surface area contributed by atoms with Crippen molar-refractivity contribution < 1.29 is 22.7 Å². The molecule has 3 fully saturated rings. The lowest BCUT2D eigenvalue weighted by atomic mass is 10.1. The van der Waals surface area contributed by atoms with E-state index >= 15 is 0 Å². The molecule has 2 aliphatic heterocycles. The van der Waals surface area contributed by atoms with Gasteiger partial charge in [-0.3, -0.25) is 4.79 Å². The summed E-state index contributed by atoms with van der Waals surface area (Å²) in [4.78, 5) is 22.2. The second kappa shape index (κ2) is 10.1. The van der Waals surface area contributed by atoms with Crippen molar-refractivity contribution in [1.29, 1.82) is 0 Å². The number of carbonyl (C=O) groups is 1. The molecule has 3 heterocycles. The summed E-state index contributed by atoms with van der Waals surface area (Å²) in [6, 6.07) is 2.62. The first-order valence-corrected chi connectivity index (χ1v) is 13.8. The maximum absolute atomic E-state index is 14.0. The monoisotopic (exact) mass is 494 g/mol. The third kappa shape index (κ3) is 4.57. The van der Waals surface area contributed by atoms with Crippen molar-refractivity contribution in [3.8, 4) is 0 Å². The number of amides is 1. The minimum atomic E-state index is -3.94. The summed E-state index contributed by atoms with van der Waals surface area (Å²) in [5.41, 5.74) is 0.750. The van der Waals surface area contributed by atoms with Crippen molar-refractivity contribution in [1.82, 2.24) is 14.2 Å². The molecule has 0 bridgehead atoms. The van der Waals surface area contributed by atoms with Crippen LogP contribution in [0.1, 0.15) is 51.6 Å². The number of nitrogens with zero attached hydrogens (tertiary/aromatic N) is 4. The highest BCUT2D eigenvalue weighted by Crippen LogP contribution is 2.35. The Labute approximate surface area is 203 Å². The van der Waals surface area contributed by atoms with E-state index in [2.05, 4.69) is 4.98 Å². The summed E-state index contributed by atoms with van der Waals surface area (Å²) in [6.45, 7) is 7.24. The molecule has 5 atom stereocenters. The molecule has 0 spiro atoms. The Morgan fingerprint density at radius 2 is 1.85 bits per heavy atom. The van der Waals surface area contributed by atoms with Crippen molar-refractivity contribution in [2.75, 3.05) is 38.8 Å². The molecule has 1 amide bonds. The van der Waals surface area contributed by atoms with E-state index in [0.29, 0.717) is 38.4 Å². The third-order valence-corrected chi connectivity index (χ3v) is 9.46. The number of carbonyl (C=O) groups excluding carboxylic acids is 1. The van der Waals surface area contributed by atoms with Gasteiger partial charge in [0.1, 0.15) is 16.8 Å². The Bertz CT molecular complexity index is 993. The van der Waals surface area contributed by atoms with Gasteiger partial charge in [-0.05, 0) is 65.0 Å². The normalized spacial score (nSPS) is 30.6. The van der Waals surface area contributed by atoms with Crippen LogP contribution >= 0.6 is 0 Å². The number of sulfonamides is 1. The fraction of sp³-hybridized carbons (Fsp3) is 0.750. The first-order chi connectivity index (χ1) is 16.2. The van der Waals surface area contributed by atoms with E-state index in [1.54, 1.807) is 31.2 Å². The van der Waals surface area contributed by atoms with E-state index in [4.69, 9.17) is 9.47 Å². The fourth-order valence-corrected chi connectivity index (χ4v) is 7.54.